The normalized spacial score (nSPS) is 11.3. The molecule has 0 spiro atoms. The Kier molecular flexibility index (Phi) is 18.1. The quantitative estimate of drug-likeness (QED) is 0.233. The second-order valence-electron chi connectivity index (χ2n) is 7.44. The predicted octanol–water partition coefficient (Wildman–Crippen LogP) is 3.62. The van der Waals surface area contributed by atoms with Gasteiger partial charge in [-0.05, 0) is 30.5 Å². The molecule has 3 nitrogen and oxygen atoms in total. The molecule has 0 aliphatic heterocycles. The topological polar surface area (TPSA) is 57.2 Å². The van der Waals surface area contributed by atoms with Crippen LogP contribution in [0, 0.1) is 0 Å². The zero-order valence-corrected chi connectivity index (χ0v) is 21.5. The summed E-state index contributed by atoms with van der Waals surface area (Å²) in [5.74, 6) is 0. The van der Waals surface area contributed by atoms with Gasteiger partial charge in [-0.2, -0.15) is 0 Å². The van der Waals surface area contributed by atoms with E-state index >= 15 is 0 Å². The average molecular weight is 421 g/mol. The minimum absolute atomic E-state index is 0. The largest absolute Gasteiger partial charge is 1.00 e. The molecule has 0 bridgehead atoms. The van der Waals surface area contributed by atoms with E-state index in [4.69, 9.17) is 0 Å². The first-order valence-electron chi connectivity index (χ1n) is 10.6. The van der Waals surface area contributed by atoms with Crippen LogP contribution in [0.3, 0.4) is 0 Å². The average Bonchev–Trinajstić information content (AvgIpc) is 2.61. The maximum Gasteiger partial charge on any atom is 1.00 e. The van der Waals surface area contributed by atoms with Crippen LogP contribution in [0.25, 0.3) is 0 Å². The van der Waals surface area contributed by atoms with Crippen molar-refractivity contribution in [1.82, 2.24) is 0 Å². The van der Waals surface area contributed by atoms with E-state index in [9.17, 15) is 13.0 Å². The van der Waals surface area contributed by atoms with Gasteiger partial charge in [0.2, 0.25) is 0 Å². The van der Waals surface area contributed by atoms with Crippen LogP contribution >= 0.6 is 0 Å². The first-order valence-corrected chi connectivity index (χ1v) is 12.0. The van der Waals surface area contributed by atoms with E-state index in [0.717, 1.165) is 18.4 Å². The molecular formula is C22H37KO3S. The van der Waals surface area contributed by atoms with Crippen molar-refractivity contribution in [2.45, 2.75) is 108 Å². The summed E-state index contributed by atoms with van der Waals surface area (Å²) in [5, 5.41) is 0. The standard InChI is InChI=1S/C22H38O3S.K/c1-2-3-4-5-6-7-8-9-10-11-12-13-14-15-16-21-17-19-22(20-18-21)26(23,24)25;/h17-20H,2-16H2,1H3,(H,23,24,25);/q;+1/p-1. The summed E-state index contributed by atoms with van der Waals surface area (Å²) in [6.45, 7) is 2.27. The molecule has 0 saturated carbocycles. The molecule has 0 saturated heterocycles. The number of benzene rings is 1. The summed E-state index contributed by atoms with van der Waals surface area (Å²) >= 11 is 0. The summed E-state index contributed by atoms with van der Waals surface area (Å²) in [7, 11) is -4.32. The molecule has 1 rings (SSSR count). The zero-order chi connectivity index (χ0) is 19.1. The third kappa shape index (κ3) is 15.3. The predicted molar refractivity (Wildman–Crippen MR) is 108 cm³/mol. The Bertz CT molecular complexity index is 555. The second kappa shape index (κ2) is 17.6. The Hall–Kier alpha value is 0.766. The minimum atomic E-state index is -4.32. The van der Waals surface area contributed by atoms with Gasteiger partial charge in [0.1, 0.15) is 10.1 Å². The number of hydrogen-bond acceptors (Lipinski definition) is 3. The molecule has 1 aromatic carbocycles. The Balaban J connectivity index is 0.00000676. The first-order chi connectivity index (χ1) is 12.5. The van der Waals surface area contributed by atoms with E-state index in [1.807, 2.05) is 0 Å². The zero-order valence-electron chi connectivity index (χ0n) is 17.5. The van der Waals surface area contributed by atoms with E-state index in [0.29, 0.717) is 0 Å². The molecule has 150 valence electrons. The van der Waals surface area contributed by atoms with Crippen LogP contribution in [0.15, 0.2) is 29.2 Å². The molecule has 0 aliphatic rings. The molecular weight excluding hydrogens is 383 g/mol. The van der Waals surface area contributed by atoms with Gasteiger partial charge in [-0.1, -0.05) is 103 Å². The summed E-state index contributed by atoms with van der Waals surface area (Å²) in [5.41, 5.74) is 1.11. The molecule has 0 fully saturated rings. The minimum Gasteiger partial charge on any atom is -0.744 e. The van der Waals surface area contributed by atoms with Crippen molar-refractivity contribution in [2.75, 3.05) is 0 Å². The van der Waals surface area contributed by atoms with Crippen LogP contribution in [0.5, 0.6) is 0 Å². The van der Waals surface area contributed by atoms with Crippen LogP contribution in [0.2, 0.25) is 0 Å². The van der Waals surface area contributed by atoms with Gasteiger partial charge in [0.15, 0.2) is 0 Å². The number of unbranched alkanes of at least 4 members (excludes halogenated alkanes) is 13. The van der Waals surface area contributed by atoms with Crippen molar-refractivity contribution in [1.29, 1.82) is 0 Å². The smallest absolute Gasteiger partial charge is 0.744 e. The van der Waals surface area contributed by atoms with Crippen LogP contribution in [0.1, 0.15) is 102 Å². The fourth-order valence-corrected chi connectivity index (χ4v) is 3.82. The summed E-state index contributed by atoms with van der Waals surface area (Å²) in [6.07, 6.45) is 19.8. The molecule has 0 atom stereocenters. The van der Waals surface area contributed by atoms with Crippen LogP contribution in [0.4, 0.5) is 0 Å². The van der Waals surface area contributed by atoms with E-state index < -0.39 is 10.1 Å². The molecule has 0 aromatic heterocycles. The maximum absolute atomic E-state index is 10.9. The Morgan fingerprint density at radius 1 is 0.667 bits per heavy atom. The molecule has 0 amide bonds. The van der Waals surface area contributed by atoms with Crippen molar-refractivity contribution >= 4 is 10.1 Å². The first kappa shape index (κ1) is 27.8. The van der Waals surface area contributed by atoms with Gasteiger partial charge in [-0.3, -0.25) is 0 Å². The van der Waals surface area contributed by atoms with Gasteiger partial charge in [0.25, 0.3) is 0 Å². The fraction of sp³-hybridized carbons (Fsp3) is 0.727. The third-order valence-corrected chi connectivity index (χ3v) is 5.88. The van der Waals surface area contributed by atoms with Gasteiger partial charge in [-0.25, -0.2) is 8.42 Å². The Labute approximate surface area is 210 Å². The fourth-order valence-electron chi connectivity index (χ4n) is 3.35. The van der Waals surface area contributed by atoms with Gasteiger partial charge in [0, 0.05) is 0 Å². The molecule has 5 heteroatoms. The maximum atomic E-state index is 10.9. The molecule has 0 heterocycles. The molecule has 0 aliphatic carbocycles. The van der Waals surface area contributed by atoms with Crippen LogP contribution < -0.4 is 51.4 Å². The van der Waals surface area contributed by atoms with Crippen molar-refractivity contribution in [2.24, 2.45) is 0 Å². The molecule has 0 unspecified atom stereocenters. The van der Waals surface area contributed by atoms with E-state index in [2.05, 4.69) is 6.92 Å². The van der Waals surface area contributed by atoms with Crippen molar-refractivity contribution in [3.05, 3.63) is 29.8 Å². The van der Waals surface area contributed by atoms with Crippen molar-refractivity contribution in [3.8, 4) is 0 Å². The Morgan fingerprint density at radius 2 is 1.04 bits per heavy atom. The number of aryl methyl sites for hydroxylation is 1. The SMILES string of the molecule is CCCCCCCCCCCCCCCCc1ccc(S(=O)(=O)[O-])cc1.[K+]. The molecule has 27 heavy (non-hydrogen) atoms. The van der Waals surface area contributed by atoms with Crippen molar-refractivity contribution < 1.29 is 64.4 Å². The van der Waals surface area contributed by atoms with Crippen LogP contribution in [-0.4, -0.2) is 13.0 Å². The molecule has 0 N–H and O–H groups in total. The van der Waals surface area contributed by atoms with E-state index in [-0.39, 0.29) is 56.3 Å². The van der Waals surface area contributed by atoms with E-state index in [1.54, 1.807) is 12.1 Å². The monoisotopic (exact) mass is 420 g/mol. The van der Waals surface area contributed by atoms with E-state index in [1.165, 1.54) is 95.6 Å². The molecule has 0 radical (unpaired) electrons. The summed E-state index contributed by atoms with van der Waals surface area (Å²) in [6, 6.07) is 6.35. The summed E-state index contributed by atoms with van der Waals surface area (Å²) < 4.78 is 32.7. The Morgan fingerprint density at radius 3 is 1.41 bits per heavy atom. The van der Waals surface area contributed by atoms with Gasteiger partial charge >= 0.3 is 51.4 Å². The van der Waals surface area contributed by atoms with Crippen LogP contribution in [-0.2, 0) is 16.5 Å². The van der Waals surface area contributed by atoms with Crippen molar-refractivity contribution in [3.63, 3.8) is 0 Å². The molecule has 1 aromatic rings. The second-order valence-corrected chi connectivity index (χ2v) is 8.82. The van der Waals surface area contributed by atoms with Gasteiger partial charge < -0.3 is 4.55 Å². The van der Waals surface area contributed by atoms with Gasteiger partial charge in [0.05, 0.1) is 4.90 Å². The van der Waals surface area contributed by atoms with Gasteiger partial charge in [-0.15, -0.1) is 0 Å². The number of rotatable bonds is 16. The number of hydrogen-bond donors (Lipinski definition) is 0. The summed E-state index contributed by atoms with van der Waals surface area (Å²) in [4.78, 5) is -0.137. The third-order valence-electron chi connectivity index (χ3n) is 5.03.